The van der Waals surface area contributed by atoms with Gasteiger partial charge in [0.25, 0.3) is 6.43 Å². The molecule has 43 heavy (non-hydrogen) atoms. The molecule has 3 unspecified atom stereocenters. The summed E-state index contributed by atoms with van der Waals surface area (Å²) in [6, 6.07) is 4.13. The average Bonchev–Trinajstić information content (AvgIpc) is 3.00. The first-order valence-corrected chi connectivity index (χ1v) is 14.1. The Morgan fingerprint density at radius 2 is 1.79 bits per heavy atom. The number of hydrogen-bond acceptors (Lipinski definition) is 9. The number of rotatable bonds is 8. The third kappa shape index (κ3) is 6.47. The van der Waals surface area contributed by atoms with E-state index in [2.05, 4.69) is 39.0 Å². The summed E-state index contributed by atoms with van der Waals surface area (Å²) in [6.07, 6.45) is 2.21. The van der Waals surface area contributed by atoms with Crippen molar-refractivity contribution < 1.29 is 23.0 Å². The van der Waals surface area contributed by atoms with Crippen molar-refractivity contribution in [2.75, 3.05) is 55.5 Å². The molecule has 10 nitrogen and oxygen atoms in total. The van der Waals surface area contributed by atoms with Gasteiger partial charge in [-0.2, -0.15) is 0 Å². The second-order valence-corrected chi connectivity index (χ2v) is 11.0. The first-order valence-electron chi connectivity index (χ1n) is 14.1. The van der Waals surface area contributed by atoms with Crippen LogP contribution in [0, 0.1) is 5.82 Å². The molecule has 2 aliphatic heterocycles. The Kier molecular flexibility index (Phi) is 8.92. The Balaban J connectivity index is 1.52. The minimum atomic E-state index is -2.98. The van der Waals surface area contributed by atoms with Crippen LogP contribution in [-0.4, -0.2) is 77.4 Å². The van der Waals surface area contributed by atoms with E-state index in [1.807, 2.05) is 22.9 Å². The molecule has 0 aliphatic carbocycles. The maximum Gasteiger partial charge on any atom is 0.264 e. The van der Waals surface area contributed by atoms with Crippen molar-refractivity contribution in [1.82, 2.24) is 19.9 Å². The van der Waals surface area contributed by atoms with Gasteiger partial charge in [0.05, 0.1) is 30.9 Å². The number of aliphatic hydroxyl groups is 1. The Morgan fingerprint density at radius 1 is 1.09 bits per heavy atom. The highest BCUT2D eigenvalue weighted by atomic mass is 19.3. The van der Waals surface area contributed by atoms with Crippen LogP contribution in [-0.2, 0) is 0 Å². The summed E-state index contributed by atoms with van der Waals surface area (Å²) in [6.45, 7) is 6.31. The Hall–Kier alpha value is -4.10. The van der Waals surface area contributed by atoms with Crippen LogP contribution < -0.4 is 25.4 Å². The van der Waals surface area contributed by atoms with Crippen molar-refractivity contribution in [3.05, 3.63) is 75.7 Å². The second kappa shape index (κ2) is 12.6. The van der Waals surface area contributed by atoms with Crippen LogP contribution in [0.3, 0.4) is 0 Å². The van der Waals surface area contributed by atoms with Gasteiger partial charge in [-0.1, -0.05) is 6.08 Å². The van der Waals surface area contributed by atoms with Gasteiger partial charge in [-0.25, -0.2) is 23.1 Å². The van der Waals surface area contributed by atoms with E-state index in [9.17, 15) is 18.7 Å². The smallest absolute Gasteiger partial charge is 0.264 e. The number of nitrogens with one attached hydrogen (secondary N) is 2. The van der Waals surface area contributed by atoms with Gasteiger partial charge in [-0.05, 0) is 45.0 Å². The molecule has 0 saturated carbocycles. The van der Waals surface area contributed by atoms with Gasteiger partial charge in [0.2, 0.25) is 11.5 Å². The lowest BCUT2D eigenvalue weighted by molar-refractivity contribution is 0.141. The van der Waals surface area contributed by atoms with Gasteiger partial charge in [-0.15, -0.1) is 0 Å². The molecule has 3 N–H and O–H groups in total. The molecule has 5 rings (SSSR count). The summed E-state index contributed by atoms with van der Waals surface area (Å²) >= 11 is 0. The third-order valence-electron chi connectivity index (χ3n) is 8.23. The van der Waals surface area contributed by atoms with Crippen molar-refractivity contribution in [3.8, 4) is 5.75 Å². The lowest BCUT2D eigenvalue weighted by Crippen LogP contribution is -2.55. The minimum Gasteiger partial charge on any atom is -0.494 e. The number of methoxy groups -OCH3 is 1. The highest BCUT2D eigenvalue weighted by Crippen LogP contribution is 2.38. The predicted molar refractivity (Wildman–Crippen MR) is 159 cm³/mol. The monoisotopic (exact) mass is 599 g/mol. The van der Waals surface area contributed by atoms with Crippen molar-refractivity contribution in [2.45, 2.75) is 45.0 Å². The molecule has 13 heteroatoms. The zero-order valence-electron chi connectivity index (χ0n) is 24.5. The van der Waals surface area contributed by atoms with Gasteiger partial charge >= 0.3 is 0 Å². The number of ether oxygens (including phenoxy) is 1. The molecule has 1 saturated heterocycles. The molecule has 2 aromatic heterocycles. The molecular formula is C30H36F3N7O3. The summed E-state index contributed by atoms with van der Waals surface area (Å²) in [5.41, 5.74) is 0.420. The molecule has 230 valence electrons. The molecule has 3 atom stereocenters. The van der Waals surface area contributed by atoms with Gasteiger partial charge in [0.1, 0.15) is 5.82 Å². The zero-order chi connectivity index (χ0) is 30.8. The molecular weight excluding hydrogens is 563 g/mol. The van der Waals surface area contributed by atoms with E-state index in [4.69, 9.17) is 4.74 Å². The van der Waals surface area contributed by atoms with Gasteiger partial charge in [0, 0.05) is 67.2 Å². The maximum atomic E-state index is 16.0. The molecule has 1 fully saturated rings. The van der Waals surface area contributed by atoms with E-state index in [0.29, 0.717) is 66.8 Å². The van der Waals surface area contributed by atoms with E-state index in [-0.39, 0.29) is 17.6 Å². The Morgan fingerprint density at radius 3 is 2.44 bits per heavy atom. The first-order chi connectivity index (χ1) is 20.5. The summed E-state index contributed by atoms with van der Waals surface area (Å²) in [4.78, 5) is 29.0. The maximum absolute atomic E-state index is 16.0. The number of hydrogen-bond donors (Lipinski definition) is 3. The second-order valence-electron chi connectivity index (χ2n) is 11.0. The Labute approximate surface area is 247 Å². The molecule has 3 aromatic rings. The number of alkyl halides is 2. The number of nitrogens with zero attached hydrogens (tertiary/aromatic N) is 5. The SMILES string of the molecule is COc1cnc(N2CCC=C(c3cc(NC(O)c4c[nH]c(=O)cc4C(F)F)c(N4CC(C)N(C)C(C)C4)cc3F)C2)nc1. The highest BCUT2D eigenvalue weighted by Gasteiger charge is 2.30. The van der Waals surface area contributed by atoms with E-state index in [0.717, 1.165) is 12.3 Å². The molecule has 2 aliphatic rings. The fourth-order valence-electron chi connectivity index (χ4n) is 5.62. The summed E-state index contributed by atoms with van der Waals surface area (Å²) in [5.74, 6) is 0.558. The van der Waals surface area contributed by atoms with Crippen molar-refractivity contribution in [3.63, 3.8) is 0 Å². The fraction of sp³-hybridized carbons (Fsp3) is 0.433. The zero-order valence-corrected chi connectivity index (χ0v) is 24.5. The third-order valence-corrected chi connectivity index (χ3v) is 8.23. The standard InChI is InChI=1S/C30H36F3N7O3/c1-17-14-40(15-18(2)38(17)3)26-10-24(31)21(19-6-5-7-39(16-19)30-35-11-20(43-4)12-36-30)8-25(26)37-29(42)23-13-34-27(41)9-22(23)28(32)33/h6,8-13,17-18,28-29,37,42H,5,7,14-16H2,1-4H3,(H,34,41). The number of aliphatic hydroxyl groups excluding tert-OH is 1. The fourth-order valence-corrected chi connectivity index (χ4v) is 5.62. The van der Waals surface area contributed by atoms with Gasteiger partial charge < -0.3 is 29.9 Å². The lowest BCUT2D eigenvalue weighted by Gasteiger charge is -2.44. The molecule has 0 spiro atoms. The van der Waals surface area contributed by atoms with Crippen molar-refractivity contribution in [2.24, 2.45) is 0 Å². The Bertz CT molecular complexity index is 1520. The molecule has 0 bridgehead atoms. The van der Waals surface area contributed by atoms with E-state index in [1.54, 1.807) is 18.5 Å². The van der Waals surface area contributed by atoms with Crippen molar-refractivity contribution >= 4 is 22.9 Å². The van der Waals surface area contributed by atoms with Gasteiger partial charge in [0.15, 0.2) is 12.0 Å². The molecule has 0 amide bonds. The highest BCUT2D eigenvalue weighted by molar-refractivity contribution is 5.80. The quantitative estimate of drug-likeness (QED) is 0.329. The summed E-state index contributed by atoms with van der Waals surface area (Å²) in [7, 11) is 3.57. The number of pyridine rings is 1. The normalized spacial score (nSPS) is 20.3. The number of aromatic nitrogens is 3. The number of piperazine rings is 1. The summed E-state index contributed by atoms with van der Waals surface area (Å²) in [5, 5.41) is 14.1. The lowest BCUT2D eigenvalue weighted by atomic mass is 9.98. The van der Waals surface area contributed by atoms with E-state index >= 15 is 4.39 Å². The van der Waals surface area contributed by atoms with Crippen molar-refractivity contribution in [1.29, 1.82) is 0 Å². The van der Waals surface area contributed by atoms with Crippen LogP contribution in [0.1, 0.15) is 49.6 Å². The topological polar surface area (TPSA) is 110 Å². The number of likely N-dealkylation sites (N-methyl/N-ethyl adjacent to an activating group) is 1. The average molecular weight is 600 g/mol. The molecule has 1 aromatic carbocycles. The number of benzene rings is 1. The largest absolute Gasteiger partial charge is 0.494 e. The van der Waals surface area contributed by atoms with Crippen LogP contribution in [0.4, 0.5) is 30.5 Å². The van der Waals surface area contributed by atoms with E-state index < -0.39 is 29.6 Å². The minimum absolute atomic E-state index is 0.160. The van der Waals surface area contributed by atoms with Crippen LogP contribution in [0.25, 0.3) is 5.57 Å². The number of H-pyrrole nitrogens is 1. The van der Waals surface area contributed by atoms with Crippen LogP contribution >= 0.6 is 0 Å². The van der Waals surface area contributed by atoms with Crippen LogP contribution in [0.15, 0.2) is 47.7 Å². The number of anilines is 3. The van der Waals surface area contributed by atoms with E-state index in [1.165, 1.54) is 13.2 Å². The first kappa shape index (κ1) is 30.4. The molecule has 4 heterocycles. The number of halogens is 3. The summed E-state index contributed by atoms with van der Waals surface area (Å²) < 4.78 is 48.7. The van der Waals surface area contributed by atoms with Gasteiger partial charge in [-0.3, -0.25) is 9.69 Å². The van der Waals surface area contributed by atoms with Crippen LogP contribution in [0.5, 0.6) is 5.75 Å². The predicted octanol–water partition coefficient (Wildman–Crippen LogP) is 4.18. The number of aromatic amines is 1. The van der Waals surface area contributed by atoms with Crippen LogP contribution in [0.2, 0.25) is 0 Å². The molecule has 0 radical (unpaired) electrons.